The fourth-order valence-corrected chi connectivity index (χ4v) is 3.45. The summed E-state index contributed by atoms with van der Waals surface area (Å²) in [7, 11) is 1.62. The van der Waals surface area contributed by atoms with Crippen LogP contribution in [0, 0.1) is 26.7 Å². The molecule has 2 atom stereocenters. The van der Waals surface area contributed by atoms with E-state index in [0.29, 0.717) is 18.8 Å². The zero-order valence-electron chi connectivity index (χ0n) is 18.2. The van der Waals surface area contributed by atoms with Gasteiger partial charge in [-0.1, -0.05) is 19.1 Å². The molecule has 0 aliphatic rings. The van der Waals surface area contributed by atoms with E-state index in [-0.39, 0.29) is 11.8 Å². The number of tetrazole rings is 1. The Bertz CT molecular complexity index is 995. The van der Waals surface area contributed by atoms with Crippen molar-refractivity contribution in [2.45, 2.75) is 46.7 Å². The summed E-state index contributed by atoms with van der Waals surface area (Å²) >= 11 is 0. The minimum atomic E-state index is -0.548. The van der Waals surface area contributed by atoms with Crippen molar-refractivity contribution in [2.24, 2.45) is 5.92 Å². The highest BCUT2D eigenvalue weighted by atomic mass is 16.5. The maximum atomic E-state index is 13.1. The summed E-state index contributed by atoms with van der Waals surface area (Å²) in [6, 6.07) is 9.18. The zero-order valence-corrected chi connectivity index (χ0v) is 18.2. The van der Waals surface area contributed by atoms with E-state index in [9.17, 15) is 4.79 Å². The number of carbonyl (C=O) groups is 1. The SMILES string of the molecule is COc1cccc(C[C@H](C(=O)NC[C@H](C)Cn2nc(C)cc2C)n2nnnc2C)c1. The third-order valence-electron chi connectivity index (χ3n) is 5.03. The summed E-state index contributed by atoms with van der Waals surface area (Å²) in [4.78, 5) is 13.1. The normalized spacial score (nSPS) is 13.1. The minimum absolute atomic E-state index is 0.117. The molecule has 0 unspecified atom stereocenters. The topological polar surface area (TPSA) is 99.8 Å². The van der Waals surface area contributed by atoms with Crippen LogP contribution in [-0.4, -0.2) is 49.5 Å². The van der Waals surface area contributed by atoms with Crippen molar-refractivity contribution < 1.29 is 9.53 Å². The average Bonchev–Trinajstić information content (AvgIpc) is 3.28. The van der Waals surface area contributed by atoms with Gasteiger partial charge in [-0.2, -0.15) is 5.10 Å². The van der Waals surface area contributed by atoms with Gasteiger partial charge in [0.25, 0.3) is 0 Å². The third-order valence-corrected chi connectivity index (χ3v) is 5.03. The van der Waals surface area contributed by atoms with Gasteiger partial charge in [0.05, 0.1) is 12.8 Å². The van der Waals surface area contributed by atoms with E-state index in [2.05, 4.69) is 38.9 Å². The Balaban J connectivity index is 1.69. The predicted octanol–water partition coefficient (Wildman–Crippen LogP) is 2.04. The van der Waals surface area contributed by atoms with Crippen molar-refractivity contribution in [3.63, 3.8) is 0 Å². The van der Waals surface area contributed by atoms with E-state index in [1.54, 1.807) is 18.7 Å². The second kappa shape index (κ2) is 9.51. The van der Waals surface area contributed by atoms with Crippen LogP contribution in [0.25, 0.3) is 0 Å². The molecule has 1 amide bonds. The van der Waals surface area contributed by atoms with Crippen LogP contribution in [0.3, 0.4) is 0 Å². The smallest absolute Gasteiger partial charge is 0.245 e. The van der Waals surface area contributed by atoms with Crippen LogP contribution in [-0.2, 0) is 17.8 Å². The highest BCUT2D eigenvalue weighted by molar-refractivity contribution is 5.80. The van der Waals surface area contributed by atoms with Gasteiger partial charge < -0.3 is 10.1 Å². The van der Waals surface area contributed by atoms with Crippen molar-refractivity contribution in [2.75, 3.05) is 13.7 Å². The molecule has 0 saturated heterocycles. The number of hydrogen-bond donors (Lipinski definition) is 1. The Morgan fingerprint density at radius 1 is 1.23 bits per heavy atom. The monoisotopic (exact) mass is 411 g/mol. The lowest BCUT2D eigenvalue weighted by molar-refractivity contribution is -0.124. The first kappa shape index (κ1) is 21.5. The molecule has 9 heteroatoms. The summed E-state index contributed by atoms with van der Waals surface area (Å²) in [6.45, 7) is 9.17. The average molecular weight is 412 g/mol. The minimum Gasteiger partial charge on any atom is -0.497 e. The molecule has 160 valence electrons. The number of amides is 1. The van der Waals surface area contributed by atoms with Gasteiger partial charge in [0.2, 0.25) is 5.91 Å². The molecule has 0 radical (unpaired) electrons. The van der Waals surface area contributed by atoms with Gasteiger partial charge in [0.1, 0.15) is 17.6 Å². The summed E-state index contributed by atoms with van der Waals surface area (Å²) in [5, 5.41) is 19.3. The molecule has 0 spiro atoms. The largest absolute Gasteiger partial charge is 0.497 e. The number of aryl methyl sites for hydroxylation is 3. The Morgan fingerprint density at radius 2 is 2.03 bits per heavy atom. The van der Waals surface area contributed by atoms with Crippen molar-refractivity contribution in [3.8, 4) is 5.75 Å². The van der Waals surface area contributed by atoms with Gasteiger partial charge in [0.15, 0.2) is 0 Å². The van der Waals surface area contributed by atoms with E-state index in [1.807, 2.05) is 42.8 Å². The summed E-state index contributed by atoms with van der Waals surface area (Å²) in [5.41, 5.74) is 3.09. The van der Waals surface area contributed by atoms with E-state index >= 15 is 0 Å². The Morgan fingerprint density at radius 3 is 2.67 bits per heavy atom. The van der Waals surface area contributed by atoms with Gasteiger partial charge in [-0.05, 0) is 60.9 Å². The van der Waals surface area contributed by atoms with Crippen LogP contribution in [0.4, 0.5) is 0 Å². The number of nitrogens with zero attached hydrogens (tertiary/aromatic N) is 6. The van der Waals surface area contributed by atoms with E-state index in [4.69, 9.17) is 4.74 Å². The molecule has 1 aromatic carbocycles. The molecule has 2 aromatic heterocycles. The Kier molecular flexibility index (Phi) is 6.81. The van der Waals surface area contributed by atoms with Crippen molar-refractivity contribution in [1.29, 1.82) is 0 Å². The summed E-state index contributed by atoms with van der Waals surface area (Å²) in [6.07, 6.45) is 0.459. The maximum absolute atomic E-state index is 13.1. The van der Waals surface area contributed by atoms with Crippen LogP contribution < -0.4 is 10.1 Å². The van der Waals surface area contributed by atoms with Crippen LogP contribution in [0.5, 0.6) is 5.75 Å². The molecule has 3 rings (SSSR count). The van der Waals surface area contributed by atoms with Gasteiger partial charge in [-0.15, -0.1) is 5.10 Å². The van der Waals surface area contributed by atoms with Crippen LogP contribution in [0.1, 0.15) is 35.7 Å². The predicted molar refractivity (Wildman–Crippen MR) is 112 cm³/mol. The van der Waals surface area contributed by atoms with Crippen LogP contribution in [0.2, 0.25) is 0 Å². The Hall–Kier alpha value is -3.23. The van der Waals surface area contributed by atoms with Crippen LogP contribution in [0.15, 0.2) is 30.3 Å². The summed E-state index contributed by atoms with van der Waals surface area (Å²) in [5.74, 6) is 1.44. The molecule has 0 aliphatic carbocycles. The second-order valence-corrected chi connectivity index (χ2v) is 7.70. The van der Waals surface area contributed by atoms with Gasteiger partial charge in [0, 0.05) is 25.2 Å². The first-order valence-corrected chi connectivity index (χ1v) is 10.0. The molecule has 9 nitrogen and oxygen atoms in total. The molecule has 0 bridgehead atoms. The number of hydrogen-bond acceptors (Lipinski definition) is 6. The first-order chi connectivity index (χ1) is 14.4. The Labute approximate surface area is 176 Å². The lowest BCUT2D eigenvalue weighted by Crippen LogP contribution is -2.38. The molecule has 30 heavy (non-hydrogen) atoms. The fraction of sp³-hybridized carbons (Fsp3) is 0.476. The van der Waals surface area contributed by atoms with E-state index < -0.39 is 6.04 Å². The number of methoxy groups -OCH3 is 1. The molecular formula is C21H29N7O2. The van der Waals surface area contributed by atoms with E-state index in [0.717, 1.165) is 29.2 Å². The molecule has 1 N–H and O–H groups in total. The molecule has 2 heterocycles. The number of nitrogens with one attached hydrogen (secondary N) is 1. The van der Waals surface area contributed by atoms with Gasteiger partial charge in [-0.3, -0.25) is 9.48 Å². The molecule has 0 fully saturated rings. The second-order valence-electron chi connectivity index (χ2n) is 7.70. The number of rotatable bonds is 9. The molecular weight excluding hydrogens is 382 g/mol. The van der Waals surface area contributed by atoms with Crippen LogP contribution >= 0.6 is 0 Å². The standard InChI is InChI=1S/C21H29N7O2/c1-14(13-27-16(3)9-15(2)24-27)12-22-21(29)20(28-17(4)23-25-26-28)11-18-7-6-8-19(10-18)30-5/h6-10,14,20H,11-13H2,1-5H3,(H,22,29)/t14-,20+/m0/s1. The zero-order chi connectivity index (χ0) is 21.7. The number of ether oxygens (including phenoxy) is 1. The lowest BCUT2D eigenvalue weighted by Gasteiger charge is -2.20. The van der Waals surface area contributed by atoms with E-state index in [1.165, 1.54) is 0 Å². The van der Waals surface area contributed by atoms with Crippen molar-refractivity contribution in [1.82, 2.24) is 35.3 Å². The van der Waals surface area contributed by atoms with Crippen molar-refractivity contribution in [3.05, 3.63) is 53.1 Å². The van der Waals surface area contributed by atoms with Gasteiger partial charge in [-0.25, -0.2) is 4.68 Å². The molecule has 3 aromatic rings. The molecule has 0 aliphatic heterocycles. The quantitative estimate of drug-likeness (QED) is 0.578. The highest BCUT2D eigenvalue weighted by Gasteiger charge is 2.24. The summed E-state index contributed by atoms with van der Waals surface area (Å²) < 4.78 is 8.85. The van der Waals surface area contributed by atoms with Crippen molar-refractivity contribution >= 4 is 5.91 Å². The van der Waals surface area contributed by atoms with Gasteiger partial charge >= 0.3 is 0 Å². The maximum Gasteiger partial charge on any atom is 0.245 e. The lowest BCUT2D eigenvalue weighted by atomic mass is 10.0. The molecule has 0 saturated carbocycles. The number of benzene rings is 1. The third kappa shape index (κ3) is 5.22. The fourth-order valence-electron chi connectivity index (χ4n) is 3.45. The first-order valence-electron chi connectivity index (χ1n) is 10.0. The number of carbonyl (C=O) groups excluding carboxylic acids is 1. The number of aromatic nitrogens is 6. The highest BCUT2D eigenvalue weighted by Crippen LogP contribution is 2.19.